The maximum Gasteiger partial charge on any atom is 0.303 e. The van der Waals surface area contributed by atoms with Gasteiger partial charge in [0.1, 0.15) is 24.7 Å². The zero-order chi connectivity index (χ0) is 18.3. The lowest BCUT2D eigenvalue weighted by Gasteiger charge is -2.22. The Morgan fingerprint density at radius 2 is 1.48 bits per heavy atom. The van der Waals surface area contributed by atoms with Gasteiger partial charge in [-0.15, -0.1) is 0 Å². The first-order valence-corrected chi connectivity index (χ1v) is 8.53. The lowest BCUT2D eigenvalue weighted by molar-refractivity contribution is -0.136. The molecule has 0 unspecified atom stereocenters. The number of ether oxygens (including phenoxy) is 2. The number of aryl methyl sites for hydroxylation is 1. The van der Waals surface area contributed by atoms with E-state index in [1.807, 2.05) is 42.5 Å². The second kappa shape index (κ2) is 8.56. The standard InChI is InChI=1S/C21H26O4/c1-21(2,3)17-9-5-7-11-19(17)25-15-14-24-18-10-6-4-8-16(18)12-13-20(22)23/h4-11H,12-15H2,1-3H3,(H,22,23). The minimum Gasteiger partial charge on any atom is -0.490 e. The molecule has 4 nitrogen and oxygen atoms in total. The van der Waals surface area contributed by atoms with Gasteiger partial charge in [-0.25, -0.2) is 0 Å². The molecule has 0 saturated heterocycles. The molecular weight excluding hydrogens is 316 g/mol. The molecule has 0 radical (unpaired) electrons. The number of hydrogen-bond acceptors (Lipinski definition) is 3. The van der Waals surface area contributed by atoms with Crippen LogP contribution >= 0.6 is 0 Å². The normalized spacial score (nSPS) is 11.2. The van der Waals surface area contributed by atoms with Crippen LogP contribution in [-0.4, -0.2) is 24.3 Å². The van der Waals surface area contributed by atoms with E-state index < -0.39 is 5.97 Å². The van der Waals surface area contributed by atoms with Crippen LogP contribution in [0.25, 0.3) is 0 Å². The predicted molar refractivity (Wildman–Crippen MR) is 98.5 cm³/mol. The molecule has 1 N–H and O–H groups in total. The predicted octanol–water partition coefficient (Wildman–Crippen LogP) is 4.46. The first-order valence-electron chi connectivity index (χ1n) is 8.53. The summed E-state index contributed by atoms with van der Waals surface area (Å²) in [5.41, 5.74) is 2.08. The summed E-state index contributed by atoms with van der Waals surface area (Å²) in [6.07, 6.45) is 0.551. The summed E-state index contributed by atoms with van der Waals surface area (Å²) in [5, 5.41) is 8.84. The Labute approximate surface area is 149 Å². The number of carboxylic acids is 1. The number of rotatable bonds is 8. The fraction of sp³-hybridized carbons (Fsp3) is 0.381. The van der Waals surface area contributed by atoms with Crippen molar-refractivity contribution in [2.24, 2.45) is 0 Å². The van der Waals surface area contributed by atoms with E-state index in [-0.39, 0.29) is 11.8 Å². The molecule has 0 saturated carbocycles. The van der Waals surface area contributed by atoms with E-state index in [2.05, 4.69) is 26.8 Å². The highest BCUT2D eigenvalue weighted by atomic mass is 16.5. The largest absolute Gasteiger partial charge is 0.490 e. The van der Waals surface area contributed by atoms with Crippen LogP contribution in [0.2, 0.25) is 0 Å². The van der Waals surface area contributed by atoms with Crippen LogP contribution in [0.1, 0.15) is 38.3 Å². The van der Waals surface area contributed by atoms with E-state index in [1.165, 1.54) is 0 Å². The molecule has 2 rings (SSSR count). The molecule has 0 aliphatic rings. The van der Waals surface area contributed by atoms with Crippen LogP contribution in [-0.2, 0) is 16.6 Å². The van der Waals surface area contributed by atoms with Crippen molar-refractivity contribution in [3.63, 3.8) is 0 Å². The number of carbonyl (C=O) groups is 1. The van der Waals surface area contributed by atoms with Crippen molar-refractivity contribution in [3.05, 3.63) is 59.7 Å². The van der Waals surface area contributed by atoms with Crippen molar-refractivity contribution in [2.45, 2.75) is 39.0 Å². The van der Waals surface area contributed by atoms with Gasteiger partial charge >= 0.3 is 5.97 Å². The number of benzene rings is 2. The monoisotopic (exact) mass is 342 g/mol. The SMILES string of the molecule is CC(C)(C)c1ccccc1OCCOc1ccccc1CCC(=O)O. The van der Waals surface area contributed by atoms with Crippen molar-refractivity contribution in [1.82, 2.24) is 0 Å². The third-order valence-corrected chi connectivity index (χ3v) is 3.87. The van der Waals surface area contributed by atoms with Crippen molar-refractivity contribution in [2.75, 3.05) is 13.2 Å². The Morgan fingerprint density at radius 3 is 2.12 bits per heavy atom. The second-order valence-electron chi connectivity index (χ2n) is 6.94. The summed E-state index contributed by atoms with van der Waals surface area (Å²) in [7, 11) is 0. The highest BCUT2D eigenvalue weighted by Gasteiger charge is 2.18. The Morgan fingerprint density at radius 1 is 0.920 bits per heavy atom. The van der Waals surface area contributed by atoms with Crippen molar-refractivity contribution in [3.8, 4) is 11.5 Å². The van der Waals surface area contributed by atoms with Crippen LogP contribution in [0.4, 0.5) is 0 Å². The molecule has 0 fully saturated rings. The summed E-state index contributed by atoms with van der Waals surface area (Å²) < 4.78 is 11.7. The number of para-hydroxylation sites is 2. The summed E-state index contributed by atoms with van der Waals surface area (Å²) in [5.74, 6) is 0.783. The number of aliphatic carboxylic acids is 1. The maximum absolute atomic E-state index is 10.8. The van der Waals surface area contributed by atoms with E-state index in [0.717, 1.165) is 22.6 Å². The van der Waals surface area contributed by atoms with Crippen molar-refractivity contribution in [1.29, 1.82) is 0 Å². The fourth-order valence-electron chi connectivity index (χ4n) is 2.61. The second-order valence-corrected chi connectivity index (χ2v) is 6.94. The summed E-state index contributed by atoms with van der Waals surface area (Å²) in [4.78, 5) is 10.8. The fourth-order valence-corrected chi connectivity index (χ4v) is 2.61. The first kappa shape index (κ1) is 18.8. The van der Waals surface area contributed by atoms with Gasteiger partial charge in [0.15, 0.2) is 0 Å². The number of carboxylic acid groups (broad SMARTS) is 1. The average Bonchev–Trinajstić information content (AvgIpc) is 2.57. The van der Waals surface area contributed by atoms with Gasteiger partial charge in [-0.1, -0.05) is 57.2 Å². The summed E-state index contributed by atoms with van der Waals surface area (Å²) in [6.45, 7) is 7.31. The minimum absolute atomic E-state index is 0.0148. The Bertz CT molecular complexity index is 701. The van der Waals surface area contributed by atoms with Gasteiger partial charge in [0.05, 0.1) is 0 Å². The molecule has 134 valence electrons. The molecule has 0 amide bonds. The Balaban J connectivity index is 1.91. The van der Waals surface area contributed by atoms with Crippen molar-refractivity contribution >= 4 is 5.97 Å². The van der Waals surface area contributed by atoms with Gasteiger partial charge in [-0.05, 0) is 35.1 Å². The topological polar surface area (TPSA) is 55.8 Å². The van der Waals surface area contributed by atoms with Crippen LogP contribution in [0, 0.1) is 0 Å². The third kappa shape index (κ3) is 5.82. The quantitative estimate of drug-likeness (QED) is 0.720. The highest BCUT2D eigenvalue weighted by molar-refractivity contribution is 5.67. The zero-order valence-electron chi connectivity index (χ0n) is 15.1. The Hall–Kier alpha value is -2.49. The van der Waals surface area contributed by atoms with E-state index >= 15 is 0 Å². The third-order valence-electron chi connectivity index (χ3n) is 3.87. The van der Waals surface area contributed by atoms with E-state index in [4.69, 9.17) is 14.6 Å². The minimum atomic E-state index is -0.808. The molecule has 2 aromatic rings. The van der Waals surface area contributed by atoms with Gasteiger partial charge in [0.25, 0.3) is 0 Å². The molecule has 0 atom stereocenters. The number of hydrogen-bond donors (Lipinski definition) is 1. The zero-order valence-corrected chi connectivity index (χ0v) is 15.1. The van der Waals surface area contributed by atoms with Crippen LogP contribution < -0.4 is 9.47 Å². The Kier molecular flexibility index (Phi) is 6.45. The summed E-state index contributed by atoms with van der Waals surface area (Å²) in [6, 6.07) is 15.6. The molecule has 0 aliphatic carbocycles. The van der Waals surface area contributed by atoms with E-state index in [9.17, 15) is 4.79 Å². The van der Waals surface area contributed by atoms with Gasteiger partial charge in [0, 0.05) is 6.42 Å². The molecule has 0 spiro atoms. The molecule has 0 heterocycles. The molecule has 0 bridgehead atoms. The molecule has 4 heteroatoms. The van der Waals surface area contributed by atoms with Gasteiger partial charge < -0.3 is 14.6 Å². The average molecular weight is 342 g/mol. The smallest absolute Gasteiger partial charge is 0.303 e. The van der Waals surface area contributed by atoms with E-state index in [0.29, 0.717) is 19.6 Å². The molecular formula is C21H26O4. The lowest BCUT2D eigenvalue weighted by Crippen LogP contribution is -2.16. The van der Waals surface area contributed by atoms with Gasteiger partial charge in [-0.2, -0.15) is 0 Å². The van der Waals surface area contributed by atoms with Gasteiger partial charge in [-0.3, -0.25) is 4.79 Å². The molecule has 25 heavy (non-hydrogen) atoms. The molecule has 0 aromatic heterocycles. The molecule has 2 aromatic carbocycles. The summed E-state index contributed by atoms with van der Waals surface area (Å²) >= 11 is 0. The maximum atomic E-state index is 10.8. The lowest BCUT2D eigenvalue weighted by atomic mass is 9.86. The molecule has 0 aliphatic heterocycles. The van der Waals surface area contributed by atoms with Crippen LogP contribution in [0.15, 0.2) is 48.5 Å². The van der Waals surface area contributed by atoms with Gasteiger partial charge in [0.2, 0.25) is 0 Å². The first-order chi connectivity index (χ1) is 11.9. The van der Waals surface area contributed by atoms with E-state index in [1.54, 1.807) is 0 Å². The van der Waals surface area contributed by atoms with Crippen molar-refractivity contribution < 1.29 is 19.4 Å². The van der Waals surface area contributed by atoms with Crippen LogP contribution in [0.5, 0.6) is 11.5 Å². The van der Waals surface area contributed by atoms with Crippen LogP contribution in [0.3, 0.4) is 0 Å². The highest BCUT2D eigenvalue weighted by Crippen LogP contribution is 2.30.